The summed E-state index contributed by atoms with van der Waals surface area (Å²) in [6.45, 7) is 1.86. The van der Waals surface area contributed by atoms with Crippen molar-refractivity contribution in [1.29, 1.82) is 0 Å². The second-order valence-electron chi connectivity index (χ2n) is 8.72. The van der Waals surface area contributed by atoms with Crippen LogP contribution < -0.4 is 16.3 Å². The number of allylic oxidation sites excluding steroid dienone is 1. The second-order valence-corrected chi connectivity index (χ2v) is 8.72. The Hall–Kier alpha value is -4.54. The molecular weight excluding hydrogens is 454 g/mol. The van der Waals surface area contributed by atoms with Gasteiger partial charge in [-0.05, 0) is 31.0 Å². The number of fused-ring (bicyclic) bond motifs is 1. The fourth-order valence-electron chi connectivity index (χ4n) is 4.84. The standard InChI is InChI=1S/C24H21N5O6/c1-14-11-18-19(22(31)27(21(18)30)16-7-9-17(10-8-16)29(34)35)12-20(14)28-24(33)26(23(32)25-28)13-15-5-3-2-4-6-15/h2-11,18-20H,12-13H2,1H3,(H,25,32)/t18-,19-,20+/m1/s1. The van der Waals surface area contributed by atoms with Crippen LogP contribution >= 0.6 is 0 Å². The highest BCUT2D eigenvalue weighted by molar-refractivity contribution is 6.22. The van der Waals surface area contributed by atoms with Crippen molar-refractivity contribution in [2.45, 2.75) is 25.9 Å². The van der Waals surface area contributed by atoms with E-state index in [0.29, 0.717) is 5.57 Å². The van der Waals surface area contributed by atoms with Gasteiger partial charge in [-0.1, -0.05) is 42.0 Å². The Morgan fingerprint density at radius 3 is 2.34 bits per heavy atom. The summed E-state index contributed by atoms with van der Waals surface area (Å²) in [5.74, 6) is -2.29. The smallest absolute Gasteiger partial charge is 0.274 e. The van der Waals surface area contributed by atoms with Gasteiger partial charge in [0.25, 0.3) is 5.69 Å². The molecule has 178 valence electrons. The lowest BCUT2D eigenvalue weighted by molar-refractivity contribution is -0.384. The number of H-pyrrole nitrogens is 1. The molecule has 0 radical (unpaired) electrons. The number of non-ortho nitro benzene ring substituents is 1. The summed E-state index contributed by atoms with van der Waals surface area (Å²) in [5.41, 5.74) is 0.498. The molecule has 1 fully saturated rings. The maximum atomic E-state index is 13.2. The molecule has 3 atom stereocenters. The summed E-state index contributed by atoms with van der Waals surface area (Å²) >= 11 is 0. The number of imide groups is 1. The van der Waals surface area contributed by atoms with Crippen LogP contribution in [0.1, 0.15) is 24.9 Å². The van der Waals surface area contributed by atoms with Crippen LogP contribution in [0.25, 0.3) is 0 Å². The van der Waals surface area contributed by atoms with Gasteiger partial charge >= 0.3 is 11.4 Å². The molecule has 1 aromatic heterocycles. The molecule has 3 aromatic rings. The predicted octanol–water partition coefficient (Wildman–Crippen LogP) is 1.99. The van der Waals surface area contributed by atoms with E-state index in [-0.39, 0.29) is 24.3 Å². The lowest BCUT2D eigenvalue weighted by Gasteiger charge is -2.27. The molecule has 2 aliphatic rings. The molecule has 0 unspecified atom stereocenters. The Labute approximate surface area is 198 Å². The minimum Gasteiger partial charge on any atom is -0.274 e. The maximum Gasteiger partial charge on any atom is 0.347 e. The SMILES string of the molecule is CC1=C[C@H]2C(=O)N(c3ccc([N+](=O)[O-])cc3)C(=O)[C@@H]2C[C@@H]1n1[nH]c(=O)n(Cc2ccccc2)c1=O. The molecule has 1 saturated heterocycles. The molecule has 11 heteroatoms. The third-order valence-corrected chi connectivity index (χ3v) is 6.63. The number of nitro groups is 1. The van der Waals surface area contributed by atoms with Crippen molar-refractivity contribution in [3.8, 4) is 0 Å². The largest absolute Gasteiger partial charge is 0.347 e. The van der Waals surface area contributed by atoms with E-state index in [1.165, 1.54) is 28.9 Å². The quantitative estimate of drug-likeness (QED) is 0.259. The molecule has 1 aliphatic carbocycles. The molecule has 2 aromatic carbocycles. The third kappa shape index (κ3) is 3.70. The summed E-state index contributed by atoms with van der Waals surface area (Å²) in [5, 5.41) is 13.5. The number of anilines is 1. The molecule has 0 spiro atoms. The number of aromatic amines is 1. The monoisotopic (exact) mass is 475 g/mol. The fourth-order valence-corrected chi connectivity index (χ4v) is 4.84. The minimum atomic E-state index is -0.723. The number of benzene rings is 2. The van der Waals surface area contributed by atoms with E-state index in [0.717, 1.165) is 15.0 Å². The summed E-state index contributed by atoms with van der Waals surface area (Å²) < 4.78 is 2.32. The van der Waals surface area contributed by atoms with Crippen LogP contribution in [0.2, 0.25) is 0 Å². The molecule has 2 heterocycles. The average molecular weight is 475 g/mol. The first-order chi connectivity index (χ1) is 16.8. The van der Waals surface area contributed by atoms with Crippen LogP contribution in [0.15, 0.2) is 75.8 Å². The Balaban J connectivity index is 1.44. The van der Waals surface area contributed by atoms with E-state index in [1.54, 1.807) is 13.0 Å². The van der Waals surface area contributed by atoms with Crippen LogP contribution in [0, 0.1) is 22.0 Å². The number of carbonyl (C=O) groups is 2. The highest BCUT2D eigenvalue weighted by Gasteiger charge is 2.50. The van der Waals surface area contributed by atoms with Crippen LogP contribution in [-0.2, 0) is 16.1 Å². The Bertz CT molecular complexity index is 1480. The van der Waals surface area contributed by atoms with E-state index in [4.69, 9.17) is 0 Å². The molecule has 0 saturated carbocycles. The number of rotatable bonds is 5. The first-order valence-corrected chi connectivity index (χ1v) is 11.0. The fraction of sp³-hybridized carbons (Fsp3) is 0.250. The van der Waals surface area contributed by atoms with Gasteiger partial charge in [-0.25, -0.2) is 28.8 Å². The van der Waals surface area contributed by atoms with Crippen molar-refractivity contribution in [3.63, 3.8) is 0 Å². The zero-order valence-electron chi connectivity index (χ0n) is 18.7. The number of hydrogen-bond acceptors (Lipinski definition) is 6. The molecule has 1 N–H and O–H groups in total. The zero-order valence-corrected chi connectivity index (χ0v) is 18.7. The van der Waals surface area contributed by atoms with Crippen molar-refractivity contribution in [3.05, 3.63) is 103 Å². The van der Waals surface area contributed by atoms with E-state index >= 15 is 0 Å². The number of nitrogens with zero attached hydrogens (tertiary/aromatic N) is 4. The van der Waals surface area contributed by atoms with E-state index in [9.17, 15) is 29.3 Å². The van der Waals surface area contributed by atoms with Gasteiger partial charge in [0.2, 0.25) is 11.8 Å². The normalized spacial score (nSPS) is 21.7. The van der Waals surface area contributed by atoms with Crippen LogP contribution in [0.5, 0.6) is 0 Å². The van der Waals surface area contributed by atoms with Crippen LogP contribution in [0.4, 0.5) is 11.4 Å². The van der Waals surface area contributed by atoms with Gasteiger partial charge in [0.1, 0.15) is 0 Å². The Morgan fingerprint density at radius 2 is 1.69 bits per heavy atom. The van der Waals surface area contributed by atoms with Gasteiger partial charge in [0.15, 0.2) is 0 Å². The van der Waals surface area contributed by atoms with Gasteiger partial charge in [0, 0.05) is 12.1 Å². The number of nitrogens with one attached hydrogen (secondary N) is 1. The van der Waals surface area contributed by atoms with Crippen molar-refractivity contribution >= 4 is 23.2 Å². The number of aromatic nitrogens is 3. The van der Waals surface area contributed by atoms with E-state index in [2.05, 4.69) is 5.10 Å². The Kier molecular flexibility index (Phi) is 5.31. The highest BCUT2D eigenvalue weighted by atomic mass is 16.6. The first kappa shape index (κ1) is 22.3. The van der Waals surface area contributed by atoms with Crippen molar-refractivity contribution in [2.24, 2.45) is 11.8 Å². The van der Waals surface area contributed by atoms with Gasteiger partial charge in [-0.3, -0.25) is 19.7 Å². The molecule has 35 heavy (non-hydrogen) atoms. The van der Waals surface area contributed by atoms with Crippen molar-refractivity contribution < 1.29 is 14.5 Å². The summed E-state index contributed by atoms with van der Waals surface area (Å²) in [6, 6.07) is 13.7. The van der Waals surface area contributed by atoms with Crippen LogP contribution in [0.3, 0.4) is 0 Å². The average Bonchev–Trinajstić information content (AvgIpc) is 3.26. The zero-order chi connectivity index (χ0) is 24.9. The highest BCUT2D eigenvalue weighted by Crippen LogP contribution is 2.42. The molecule has 2 amide bonds. The maximum absolute atomic E-state index is 13.2. The van der Waals surface area contributed by atoms with Crippen LogP contribution in [-0.4, -0.2) is 31.1 Å². The van der Waals surface area contributed by atoms with Gasteiger partial charge in [-0.15, -0.1) is 0 Å². The minimum absolute atomic E-state index is 0.106. The lowest BCUT2D eigenvalue weighted by atomic mass is 9.80. The lowest BCUT2D eigenvalue weighted by Crippen LogP contribution is -2.35. The van der Waals surface area contributed by atoms with Crippen molar-refractivity contribution in [1.82, 2.24) is 14.3 Å². The van der Waals surface area contributed by atoms with E-state index in [1.807, 2.05) is 30.3 Å². The van der Waals surface area contributed by atoms with Gasteiger partial charge in [-0.2, -0.15) is 0 Å². The Morgan fingerprint density at radius 1 is 1.00 bits per heavy atom. The van der Waals surface area contributed by atoms with E-state index < -0.39 is 46.0 Å². The summed E-state index contributed by atoms with van der Waals surface area (Å²) in [7, 11) is 0. The number of hydrogen-bond donors (Lipinski definition) is 1. The van der Waals surface area contributed by atoms with Crippen molar-refractivity contribution in [2.75, 3.05) is 4.90 Å². The first-order valence-electron chi connectivity index (χ1n) is 11.0. The van der Waals surface area contributed by atoms with Gasteiger partial charge in [0.05, 0.1) is 35.0 Å². The number of amides is 2. The van der Waals surface area contributed by atoms with Gasteiger partial charge < -0.3 is 0 Å². The third-order valence-electron chi connectivity index (χ3n) is 6.63. The predicted molar refractivity (Wildman–Crippen MR) is 125 cm³/mol. The molecule has 1 aliphatic heterocycles. The second kappa shape index (κ2) is 8.35. The molecule has 11 nitrogen and oxygen atoms in total. The summed E-state index contributed by atoms with van der Waals surface area (Å²) in [4.78, 5) is 63.4. The number of carbonyl (C=O) groups excluding carboxylic acids is 2. The number of nitro benzene ring substituents is 1. The molecule has 0 bridgehead atoms. The summed E-state index contributed by atoms with van der Waals surface area (Å²) in [6.07, 6.45) is 1.83. The molecular formula is C24H21N5O6. The molecule has 5 rings (SSSR count). The topological polar surface area (TPSA) is 140 Å².